The Kier molecular flexibility index (Phi) is 4.88. The molecule has 0 radical (unpaired) electrons. The van der Waals surface area contributed by atoms with E-state index in [-0.39, 0.29) is 23.5 Å². The molecule has 0 aliphatic carbocycles. The summed E-state index contributed by atoms with van der Waals surface area (Å²) in [6.07, 6.45) is -3.05. The topological polar surface area (TPSA) is 75.3 Å². The van der Waals surface area contributed by atoms with Crippen LogP contribution in [0.2, 0.25) is 0 Å². The number of H-pyrrole nitrogens is 1. The van der Waals surface area contributed by atoms with E-state index in [4.69, 9.17) is 4.74 Å². The number of rotatable bonds is 3. The Hall–Kier alpha value is -2.43. The highest BCUT2D eigenvalue weighted by atomic mass is 32.2. The maximum absolute atomic E-state index is 13.3. The number of fused-ring (bicyclic) bond motifs is 1. The molecule has 1 N–H and O–H groups in total. The fraction of sp³-hybridized carbons (Fsp3) is 0.316. The van der Waals surface area contributed by atoms with Crippen LogP contribution in [0.3, 0.4) is 0 Å². The molecule has 0 spiro atoms. The lowest BCUT2D eigenvalue weighted by molar-refractivity contribution is -0.137. The van der Waals surface area contributed by atoms with Crippen molar-refractivity contribution in [1.29, 1.82) is 0 Å². The summed E-state index contributed by atoms with van der Waals surface area (Å²) in [5, 5.41) is 6.96. The number of sulfonamides is 1. The highest BCUT2D eigenvalue weighted by Crippen LogP contribution is 2.38. The van der Waals surface area contributed by atoms with E-state index in [1.54, 1.807) is 13.0 Å². The Morgan fingerprint density at radius 2 is 1.83 bits per heavy atom. The summed E-state index contributed by atoms with van der Waals surface area (Å²) >= 11 is 0. The Bertz CT molecular complexity index is 1170. The van der Waals surface area contributed by atoms with Crippen molar-refractivity contribution >= 4 is 20.9 Å². The second-order valence-corrected chi connectivity index (χ2v) is 8.78. The number of alkyl halides is 3. The lowest BCUT2D eigenvalue weighted by Crippen LogP contribution is -2.40. The van der Waals surface area contributed by atoms with Crippen molar-refractivity contribution in [3.63, 3.8) is 0 Å². The summed E-state index contributed by atoms with van der Waals surface area (Å²) in [5.74, 6) is 0. The number of nitrogens with zero attached hydrogens (tertiary/aromatic N) is 2. The summed E-state index contributed by atoms with van der Waals surface area (Å²) in [6, 6.07) is 6.55. The number of hydrogen-bond acceptors (Lipinski definition) is 4. The van der Waals surface area contributed by atoms with E-state index in [1.807, 2.05) is 0 Å². The Morgan fingerprint density at radius 1 is 1.10 bits per heavy atom. The maximum atomic E-state index is 13.3. The number of aromatic amines is 1. The van der Waals surface area contributed by atoms with Gasteiger partial charge in [-0.25, -0.2) is 8.42 Å². The second kappa shape index (κ2) is 7.12. The Morgan fingerprint density at radius 3 is 2.48 bits per heavy atom. The quantitative estimate of drug-likeness (QED) is 0.696. The van der Waals surface area contributed by atoms with Gasteiger partial charge in [0.25, 0.3) is 0 Å². The molecule has 0 atom stereocenters. The van der Waals surface area contributed by atoms with Crippen LogP contribution in [0.4, 0.5) is 13.2 Å². The van der Waals surface area contributed by atoms with Crippen molar-refractivity contribution in [2.45, 2.75) is 18.0 Å². The molecule has 2 heterocycles. The number of morpholine rings is 1. The third-order valence-corrected chi connectivity index (χ3v) is 6.88. The van der Waals surface area contributed by atoms with Crippen molar-refractivity contribution in [1.82, 2.24) is 14.5 Å². The molecule has 3 aromatic rings. The first-order chi connectivity index (χ1) is 13.7. The molecule has 0 saturated carbocycles. The van der Waals surface area contributed by atoms with Gasteiger partial charge in [-0.15, -0.1) is 0 Å². The van der Waals surface area contributed by atoms with E-state index < -0.39 is 21.8 Å². The zero-order valence-corrected chi connectivity index (χ0v) is 16.3. The van der Waals surface area contributed by atoms with Crippen LogP contribution in [0.25, 0.3) is 22.0 Å². The number of ether oxygens (including phenoxy) is 1. The van der Waals surface area contributed by atoms with Crippen LogP contribution in [0.15, 0.2) is 41.4 Å². The van der Waals surface area contributed by atoms with Crippen LogP contribution in [0.1, 0.15) is 11.1 Å². The third kappa shape index (κ3) is 3.63. The van der Waals surface area contributed by atoms with Gasteiger partial charge in [0.05, 0.1) is 35.4 Å². The van der Waals surface area contributed by atoms with E-state index in [2.05, 4.69) is 10.2 Å². The molecule has 1 aliphatic rings. The van der Waals surface area contributed by atoms with Gasteiger partial charge < -0.3 is 4.74 Å². The van der Waals surface area contributed by atoms with Gasteiger partial charge >= 0.3 is 6.18 Å². The van der Waals surface area contributed by atoms with Crippen molar-refractivity contribution in [3.8, 4) is 11.1 Å². The van der Waals surface area contributed by atoms with Crippen LogP contribution >= 0.6 is 0 Å². The van der Waals surface area contributed by atoms with E-state index in [1.165, 1.54) is 22.6 Å². The number of hydrogen-bond donors (Lipinski definition) is 1. The molecule has 154 valence electrons. The fourth-order valence-electron chi connectivity index (χ4n) is 3.47. The fourth-order valence-corrected chi connectivity index (χ4v) is 4.97. The molecule has 4 rings (SSSR count). The zero-order valence-electron chi connectivity index (χ0n) is 15.5. The third-order valence-electron chi connectivity index (χ3n) is 4.98. The first-order valence-electron chi connectivity index (χ1n) is 8.91. The standard InChI is InChI=1S/C19H18F3N3O3S/c1-12-8-14(29(26,27)25-4-6-28-7-5-25)2-3-15(12)16-9-13(19(20,21)22)10-18-17(16)11-23-24-18/h2-3,8-11H,4-7H2,1H3,(H,23,24). The highest BCUT2D eigenvalue weighted by molar-refractivity contribution is 7.89. The van der Waals surface area contributed by atoms with Gasteiger partial charge in [0.1, 0.15) is 0 Å². The average Bonchev–Trinajstić information content (AvgIpc) is 3.16. The van der Waals surface area contributed by atoms with Crippen molar-refractivity contribution < 1.29 is 26.3 Å². The molecule has 10 heteroatoms. The summed E-state index contributed by atoms with van der Waals surface area (Å²) in [4.78, 5) is 0.107. The maximum Gasteiger partial charge on any atom is 0.416 e. The summed E-state index contributed by atoms with van der Waals surface area (Å²) in [5.41, 5.74) is 0.883. The van der Waals surface area contributed by atoms with E-state index >= 15 is 0 Å². The minimum absolute atomic E-state index is 0.107. The van der Waals surface area contributed by atoms with E-state index in [0.29, 0.717) is 35.3 Å². The molecule has 29 heavy (non-hydrogen) atoms. The zero-order chi connectivity index (χ0) is 20.8. The highest BCUT2D eigenvalue weighted by Gasteiger charge is 2.32. The van der Waals surface area contributed by atoms with Crippen LogP contribution in [0.5, 0.6) is 0 Å². The van der Waals surface area contributed by atoms with Crippen LogP contribution in [-0.4, -0.2) is 49.2 Å². The molecular formula is C19H18F3N3O3S. The monoisotopic (exact) mass is 425 g/mol. The predicted molar refractivity (Wildman–Crippen MR) is 101 cm³/mol. The van der Waals surface area contributed by atoms with Gasteiger partial charge in [-0.05, 0) is 47.9 Å². The van der Waals surface area contributed by atoms with Crippen LogP contribution < -0.4 is 0 Å². The van der Waals surface area contributed by atoms with E-state index in [0.717, 1.165) is 12.1 Å². The summed E-state index contributed by atoms with van der Waals surface area (Å²) in [7, 11) is -3.69. The summed E-state index contributed by atoms with van der Waals surface area (Å²) < 4.78 is 72.2. The lowest BCUT2D eigenvalue weighted by atomic mass is 9.95. The summed E-state index contributed by atoms with van der Waals surface area (Å²) in [6.45, 7) is 2.89. The first kappa shape index (κ1) is 19.9. The van der Waals surface area contributed by atoms with Crippen LogP contribution in [0, 0.1) is 6.92 Å². The number of nitrogens with one attached hydrogen (secondary N) is 1. The van der Waals surface area contributed by atoms with Gasteiger partial charge in [-0.3, -0.25) is 5.10 Å². The minimum Gasteiger partial charge on any atom is -0.379 e. The Balaban J connectivity index is 1.80. The van der Waals surface area contributed by atoms with Crippen molar-refractivity contribution in [3.05, 3.63) is 47.7 Å². The number of benzene rings is 2. The van der Waals surface area contributed by atoms with Gasteiger partial charge in [-0.1, -0.05) is 6.07 Å². The lowest BCUT2D eigenvalue weighted by Gasteiger charge is -2.26. The predicted octanol–water partition coefficient (Wildman–Crippen LogP) is 3.58. The SMILES string of the molecule is Cc1cc(S(=O)(=O)N2CCOCC2)ccc1-c1cc(C(F)(F)F)cc2[nH]ncc12. The molecule has 0 unspecified atom stereocenters. The van der Waals surface area contributed by atoms with Crippen molar-refractivity contribution in [2.24, 2.45) is 0 Å². The smallest absolute Gasteiger partial charge is 0.379 e. The molecule has 1 aromatic heterocycles. The number of aryl methyl sites for hydroxylation is 1. The molecule has 1 aliphatic heterocycles. The Labute approximate surface area is 165 Å². The molecular weight excluding hydrogens is 407 g/mol. The van der Waals surface area contributed by atoms with Crippen molar-refractivity contribution in [2.75, 3.05) is 26.3 Å². The van der Waals surface area contributed by atoms with E-state index in [9.17, 15) is 21.6 Å². The van der Waals surface area contributed by atoms with Crippen LogP contribution in [-0.2, 0) is 20.9 Å². The molecule has 0 amide bonds. The minimum atomic E-state index is -4.51. The second-order valence-electron chi connectivity index (χ2n) is 6.85. The molecule has 1 saturated heterocycles. The van der Waals surface area contributed by atoms with Gasteiger partial charge in [0, 0.05) is 18.5 Å². The number of aromatic nitrogens is 2. The normalized spacial score (nSPS) is 16.4. The van der Waals surface area contributed by atoms with Gasteiger partial charge in [-0.2, -0.15) is 22.6 Å². The molecule has 1 fully saturated rings. The first-order valence-corrected chi connectivity index (χ1v) is 10.4. The van der Waals surface area contributed by atoms with Gasteiger partial charge in [0.2, 0.25) is 10.0 Å². The average molecular weight is 425 g/mol. The molecule has 0 bridgehead atoms. The van der Waals surface area contributed by atoms with Gasteiger partial charge in [0.15, 0.2) is 0 Å². The largest absolute Gasteiger partial charge is 0.416 e. The molecule has 6 nitrogen and oxygen atoms in total. The number of halogens is 3. The molecule has 2 aromatic carbocycles.